The van der Waals surface area contributed by atoms with Crippen molar-refractivity contribution >= 4 is 6.01 Å². The van der Waals surface area contributed by atoms with Crippen LogP contribution in [0, 0.1) is 0 Å². The van der Waals surface area contributed by atoms with Gasteiger partial charge in [-0.15, -0.1) is 5.10 Å². The van der Waals surface area contributed by atoms with Crippen LogP contribution in [0.2, 0.25) is 0 Å². The van der Waals surface area contributed by atoms with Crippen LogP contribution in [0.5, 0.6) is 0 Å². The first-order chi connectivity index (χ1) is 8.05. The number of rotatable bonds is 3. The Morgan fingerprint density at radius 1 is 1.12 bits per heavy atom. The molecule has 0 bridgehead atoms. The molecule has 1 aromatic heterocycles. The van der Waals surface area contributed by atoms with E-state index in [0.717, 1.165) is 0 Å². The van der Waals surface area contributed by atoms with Crippen molar-refractivity contribution in [1.29, 1.82) is 0 Å². The smallest absolute Gasteiger partial charge is 0.315 e. The average molecular weight is 231 g/mol. The molecule has 90 valence electrons. The molecule has 1 aromatic carbocycles. The van der Waals surface area contributed by atoms with Crippen LogP contribution in [0.3, 0.4) is 0 Å². The van der Waals surface area contributed by atoms with Crippen molar-refractivity contribution in [1.82, 2.24) is 10.2 Å². The summed E-state index contributed by atoms with van der Waals surface area (Å²) < 4.78 is 5.54. The number of aromatic nitrogens is 2. The van der Waals surface area contributed by atoms with Gasteiger partial charge in [-0.1, -0.05) is 56.2 Å². The lowest BCUT2D eigenvalue weighted by Crippen LogP contribution is -2.11. The van der Waals surface area contributed by atoms with Crippen molar-refractivity contribution in [2.24, 2.45) is 0 Å². The van der Waals surface area contributed by atoms with E-state index in [1.807, 2.05) is 51.1 Å². The SMILES string of the molecule is CC(C)(C)c1nnc(NCc2ccccc2)o1. The van der Waals surface area contributed by atoms with E-state index >= 15 is 0 Å². The molecule has 0 amide bonds. The fourth-order valence-electron chi connectivity index (χ4n) is 1.37. The molecule has 1 heterocycles. The highest BCUT2D eigenvalue weighted by Crippen LogP contribution is 2.22. The molecule has 4 heteroatoms. The van der Waals surface area contributed by atoms with E-state index in [1.54, 1.807) is 0 Å². The largest absolute Gasteiger partial charge is 0.408 e. The van der Waals surface area contributed by atoms with E-state index in [4.69, 9.17) is 4.42 Å². The van der Waals surface area contributed by atoms with Gasteiger partial charge < -0.3 is 9.73 Å². The molecule has 0 spiro atoms. The minimum absolute atomic E-state index is 0.111. The summed E-state index contributed by atoms with van der Waals surface area (Å²) in [4.78, 5) is 0. The molecular formula is C13H17N3O. The third kappa shape index (κ3) is 3.06. The third-order valence-electron chi connectivity index (χ3n) is 2.35. The maximum absolute atomic E-state index is 5.54. The quantitative estimate of drug-likeness (QED) is 0.882. The van der Waals surface area contributed by atoms with Crippen LogP contribution in [-0.4, -0.2) is 10.2 Å². The summed E-state index contributed by atoms with van der Waals surface area (Å²) in [7, 11) is 0. The van der Waals surface area contributed by atoms with E-state index in [9.17, 15) is 0 Å². The third-order valence-corrected chi connectivity index (χ3v) is 2.35. The maximum Gasteiger partial charge on any atom is 0.315 e. The van der Waals surface area contributed by atoms with Gasteiger partial charge in [0.2, 0.25) is 5.89 Å². The van der Waals surface area contributed by atoms with Gasteiger partial charge in [-0.25, -0.2) is 0 Å². The lowest BCUT2D eigenvalue weighted by Gasteiger charge is -2.11. The van der Waals surface area contributed by atoms with Gasteiger partial charge >= 0.3 is 6.01 Å². The van der Waals surface area contributed by atoms with Gasteiger partial charge in [0.25, 0.3) is 0 Å². The van der Waals surface area contributed by atoms with E-state index < -0.39 is 0 Å². The summed E-state index contributed by atoms with van der Waals surface area (Å²) in [5.74, 6) is 0.646. The standard InChI is InChI=1S/C13H17N3O/c1-13(2,3)11-15-16-12(17-11)14-9-10-7-5-4-6-8-10/h4-8H,9H2,1-3H3,(H,14,16). The van der Waals surface area contributed by atoms with Crippen LogP contribution in [0.4, 0.5) is 6.01 Å². The summed E-state index contributed by atoms with van der Waals surface area (Å²) in [6, 6.07) is 10.6. The highest BCUT2D eigenvalue weighted by molar-refractivity contribution is 5.24. The molecule has 1 N–H and O–H groups in total. The molecule has 0 fully saturated rings. The Hall–Kier alpha value is -1.84. The molecule has 0 unspecified atom stereocenters. The lowest BCUT2D eigenvalue weighted by atomic mass is 9.97. The zero-order chi connectivity index (χ0) is 12.3. The highest BCUT2D eigenvalue weighted by Gasteiger charge is 2.21. The monoisotopic (exact) mass is 231 g/mol. The number of hydrogen-bond acceptors (Lipinski definition) is 4. The molecule has 0 aliphatic heterocycles. The summed E-state index contributed by atoms with van der Waals surface area (Å²) in [5.41, 5.74) is 1.07. The molecular weight excluding hydrogens is 214 g/mol. The molecule has 2 rings (SSSR count). The molecule has 0 aliphatic rings. The fourth-order valence-corrected chi connectivity index (χ4v) is 1.37. The minimum atomic E-state index is -0.111. The van der Waals surface area contributed by atoms with Gasteiger partial charge in [0.15, 0.2) is 0 Å². The Morgan fingerprint density at radius 3 is 2.41 bits per heavy atom. The zero-order valence-electron chi connectivity index (χ0n) is 10.4. The second-order valence-corrected chi connectivity index (χ2v) is 5.00. The van der Waals surface area contributed by atoms with Crippen LogP contribution in [0.15, 0.2) is 34.7 Å². The summed E-state index contributed by atoms with van der Waals surface area (Å²) in [6.45, 7) is 6.82. The number of hydrogen-bond donors (Lipinski definition) is 1. The van der Waals surface area contributed by atoms with Crippen LogP contribution < -0.4 is 5.32 Å². The van der Waals surface area contributed by atoms with Gasteiger partial charge in [-0.2, -0.15) is 0 Å². The molecule has 0 radical (unpaired) electrons. The lowest BCUT2D eigenvalue weighted by molar-refractivity contribution is 0.399. The predicted octanol–water partition coefficient (Wildman–Crippen LogP) is 2.98. The van der Waals surface area contributed by atoms with Crippen molar-refractivity contribution in [2.75, 3.05) is 5.32 Å². The van der Waals surface area contributed by atoms with Crippen molar-refractivity contribution in [3.8, 4) is 0 Å². The molecule has 2 aromatic rings. The van der Waals surface area contributed by atoms with Gasteiger partial charge in [0, 0.05) is 12.0 Å². The van der Waals surface area contributed by atoms with E-state index in [1.165, 1.54) is 5.56 Å². The topological polar surface area (TPSA) is 51.0 Å². The minimum Gasteiger partial charge on any atom is -0.408 e. The molecule has 0 saturated carbocycles. The summed E-state index contributed by atoms with van der Waals surface area (Å²) in [6.07, 6.45) is 0. The zero-order valence-corrected chi connectivity index (χ0v) is 10.4. The van der Waals surface area contributed by atoms with Crippen molar-refractivity contribution in [3.63, 3.8) is 0 Å². The van der Waals surface area contributed by atoms with Gasteiger partial charge in [0.05, 0.1) is 0 Å². The number of benzene rings is 1. The Balaban J connectivity index is 1.99. The predicted molar refractivity (Wildman–Crippen MR) is 66.8 cm³/mol. The average Bonchev–Trinajstić information content (AvgIpc) is 2.76. The van der Waals surface area contributed by atoms with Crippen molar-refractivity contribution in [3.05, 3.63) is 41.8 Å². The Morgan fingerprint density at radius 2 is 1.82 bits per heavy atom. The molecule has 17 heavy (non-hydrogen) atoms. The molecule has 0 saturated heterocycles. The van der Waals surface area contributed by atoms with Crippen LogP contribution in [-0.2, 0) is 12.0 Å². The van der Waals surface area contributed by atoms with E-state index in [0.29, 0.717) is 18.5 Å². The van der Waals surface area contributed by atoms with Gasteiger partial charge in [-0.3, -0.25) is 0 Å². The van der Waals surface area contributed by atoms with Crippen LogP contribution >= 0.6 is 0 Å². The first-order valence-corrected chi connectivity index (χ1v) is 5.67. The summed E-state index contributed by atoms with van der Waals surface area (Å²) in [5, 5.41) is 11.1. The summed E-state index contributed by atoms with van der Waals surface area (Å²) >= 11 is 0. The van der Waals surface area contributed by atoms with Gasteiger partial charge in [-0.05, 0) is 5.56 Å². The van der Waals surface area contributed by atoms with E-state index in [-0.39, 0.29) is 5.41 Å². The highest BCUT2D eigenvalue weighted by atomic mass is 16.4. The first-order valence-electron chi connectivity index (χ1n) is 5.67. The number of anilines is 1. The van der Waals surface area contributed by atoms with Gasteiger partial charge in [0.1, 0.15) is 0 Å². The van der Waals surface area contributed by atoms with Crippen LogP contribution in [0.1, 0.15) is 32.2 Å². The molecule has 0 atom stereocenters. The van der Waals surface area contributed by atoms with Crippen LogP contribution in [0.25, 0.3) is 0 Å². The van der Waals surface area contributed by atoms with Crippen molar-refractivity contribution < 1.29 is 4.42 Å². The van der Waals surface area contributed by atoms with Crippen molar-refractivity contribution in [2.45, 2.75) is 32.7 Å². The Labute approximate surface area is 101 Å². The maximum atomic E-state index is 5.54. The van der Waals surface area contributed by atoms with E-state index in [2.05, 4.69) is 15.5 Å². The molecule has 4 nitrogen and oxygen atoms in total. The first kappa shape index (κ1) is 11.6. The Bertz CT molecular complexity index is 471. The number of nitrogens with one attached hydrogen (secondary N) is 1. The Kier molecular flexibility index (Phi) is 3.13. The fraction of sp³-hybridized carbons (Fsp3) is 0.385. The number of nitrogens with zero attached hydrogens (tertiary/aromatic N) is 2. The molecule has 0 aliphatic carbocycles. The second-order valence-electron chi connectivity index (χ2n) is 5.00. The second kappa shape index (κ2) is 4.57. The normalized spacial score (nSPS) is 11.5.